The van der Waals surface area contributed by atoms with Crippen LogP contribution in [0.15, 0.2) is 18.2 Å². The van der Waals surface area contributed by atoms with Crippen molar-refractivity contribution >= 4 is 0 Å². The lowest BCUT2D eigenvalue weighted by Gasteiger charge is -2.32. The predicted molar refractivity (Wildman–Crippen MR) is 81.9 cm³/mol. The fourth-order valence-electron chi connectivity index (χ4n) is 2.60. The predicted octanol–water partition coefficient (Wildman–Crippen LogP) is 4.03. The molecule has 1 saturated heterocycles. The minimum atomic E-state index is -0.460. The summed E-state index contributed by atoms with van der Waals surface area (Å²) >= 11 is 0. The van der Waals surface area contributed by atoms with Crippen molar-refractivity contribution in [2.45, 2.75) is 58.7 Å². The molecule has 2 atom stereocenters. The summed E-state index contributed by atoms with van der Waals surface area (Å²) in [6.07, 6.45) is 1.71. The van der Waals surface area contributed by atoms with Gasteiger partial charge in [0.05, 0.1) is 0 Å². The molecule has 0 bridgehead atoms. The summed E-state index contributed by atoms with van der Waals surface area (Å²) in [5, 5.41) is 6.64. The van der Waals surface area contributed by atoms with Crippen LogP contribution in [0.5, 0.6) is 0 Å². The highest BCUT2D eigenvalue weighted by molar-refractivity contribution is 5.24. The summed E-state index contributed by atoms with van der Waals surface area (Å²) in [5.41, 5.74) is 0.174. The SMILES string of the molecule is CC.CC(C)N[C@@H]1CCN[C@H](c2c(F)cccc2F)C1.[HH]. The Hall–Kier alpha value is -1.00. The molecule has 1 aliphatic rings. The van der Waals surface area contributed by atoms with Crippen molar-refractivity contribution in [2.24, 2.45) is 0 Å². The molecule has 2 rings (SSSR count). The van der Waals surface area contributed by atoms with E-state index in [0.717, 1.165) is 19.4 Å². The van der Waals surface area contributed by atoms with E-state index in [0.29, 0.717) is 12.1 Å². The number of halogens is 2. The standard InChI is InChI=1S/C14H20F2N2.C2H6.H2/c1-9(2)18-10-6-7-17-13(8-10)14-11(15)4-3-5-12(14)16;1-2;/h3-5,9-10,13,17-18H,6-8H2,1-2H3;1-2H3;1H/t10-,13+;;/m1../s1. The van der Waals surface area contributed by atoms with E-state index < -0.39 is 11.6 Å². The first-order valence-electron chi connectivity index (χ1n) is 7.51. The van der Waals surface area contributed by atoms with Crippen LogP contribution in [-0.4, -0.2) is 18.6 Å². The van der Waals surface area contributed by atoms with Crippen LogP contribution in [0.1, 0.15) is 53.6 Å². The molecular formula is C16H28F2N2. The molecule has 1 aromatic carbocycles. The van der Waals surface area contributed by atoms with Gasteiger partial charge in [-0.15, -0.1) is 0 Å². The second kappa shape index (κ2) is 8.32. The van der Waals surface area contributed by atoms with Crippen LogP contribution in [0, 0.1) is 11.6 Å². The maximum atomic E-state index is 13.7. The molecule has 0 unspecified atom stereocenters. The molecule has 0 saturated carbocycles. The number of benzene rings is 1. The van der Waals surface area contributed by atoms with E-state index in [1.165, 1.54) is 18.2 Å². The van der Waals surface area contributed by atoms with E-state index in [9.17, 15) is 8.78 Å². The first-order valence-corrected chi connectivity index (χ1v) is 7.51. The van der Waals surface area contributed by atoms with Crippen molar-refractivity contribution in [1.29, 1.82) is 0 Å². The first-order chi connectivity index (χ1) is 9.58. The first kappa shape index (κ1) is 17.1. The Kier molecular flexibility index (Phi) is 7.10. The van der Waals surface area contributed by atoms with Gasteiger partial charge in [-0.1, -0.05) is 33.8 Å². The zero-order valence-electron chi connectivity index (χ0n) is 12.8. The summed E-state index contributed by atoms with van der Waals surface area (Å²) in [4.78, 5) is 0. The van der Waals surface area contributed by atoms with Crippen LogP contribution < -0.4 is 10.6 Å². The van der Waals surface area contributed by atoms with E-state index in [1.807, 2.05) is 13.8 Å². The van der Waals surface area contributed by atoms with Crippen LogP contribution in [0.25, 0.3) is 0 Å². The van der Waals surface area contributed by atoms with Crippen LogP contribution in [-0.2, 0) is 0 Å². The molecule has 0 amide bonds. The maximum Gasteiger partial charge on any atom is 0.130 e. The summed E-state index contributed by atoms with van der Waals surface area (Å²) in [6, 6.07) is 4.51. The summed E-state index contributed by atoms with van der Waals surface area (Å²) in [6.45, 7) is 8.95. The van der Waals surface area contributed by atoms with E-state index in [-0.39, 0.29) is 13.0 Å². The van der Waals surface area contributed by atoms with Gasteiger partial charge in [-0.3, -0.25) is 0 Å². The molecule has 0 radical (unpaired) electrons. The Balaban J connectivity index is 0.00000128. The molecule has 1 heterocycles. The Morgan fingerprint density at radius 2 is 1.85 bits per heavy atom. The molecule has 0 spiro atoms. The molecule has 2 nitrogen and oxygen atoms in total. The van der Waals surface area contributed by atoms with Gasteiger partial charge in [0.25, 0.3) is 0 Å². The van der Waals surface area contributed by atoms with E-state index in [2.05, 4.69) is 24.5 Å². The number of rotatable bonds is 3. The fraction of sp³-hybridized carbons (Fsp3) is 0.625. The van der Waals surface area contributed by atoms with Gasteiger partial charge in [0.2, 0.25) is 0 Å². The molecule has 1 aromatic rings. The van der Waals surface area contributed by atoms with Crippen molar-refractivity contribution in [3.8, 4) is 0 Å². The largest absolute Gasteiger partial charge is 0.312 e. The normalized spacial score (nSPS) is 22.4. The van der Waals surface area contributed by atoms with Crippen molar-refractivity contribution in [3.63, 3.8) is 0 Å². The molecule has 1 fully saturated rings. The number of hydrogen-bond donors (Lipinski definition) is 2. The summed E-state index contributed by atoms with van der Waals surface area (Å²) in [5.74, 6) is -0.921. The van der Waals surface area contributed by atoms with Gasteiger partial charge < -0.3 is 10.6 Å². The van der Waals surface area contributed by atoms with Crippen molar-refractivity contribution in [3.05, 3.63) is 35.4 Å². The quantitative estimate of drug-likeness (QED) is 0.876. The molecule has 0 aliphatic carbocycles. The number of hydrogen-bond acceptors (Lipinski definition) is 2. The molecule has 1 aliphatic heterocycles. The van der Waals surface area contributed by atoms with Gasteiger partial charge in [-0.2, -0.15) is 0 Å². The van der Waals surface area contributed by atoms with Gasteiger partial charge >= 0.3 is 0 Å². The second-order valence-corrected chi connectivity index (χ2v) is 5.18. The van der Waals surface area contributed by atoms with Crippen molar-refractivity contribution < 1.29 is 10.2 Å². The molecule has 20 heavy (non-hydrogen) atoms. The lowest BCUT2D eigenvalue weighted by atomic mass is 9.92. The fourth-order valence-corrected chi connectivity index (χ4v) is 2.60. The van der Waals surface area contributed by atoms with E-state index >= 15 is 0 Å². The van der Waals surface area contributed by atoms with Crippen LogP contribution in [0.3, 0.4) is 0 Å². The van der Waals surface area contributed by atoms with Gasteiger partial charge in [0.15, 0.2) is 0 Å². The maximum absolute atomic E-state index is 13.7. The lowest BCUT2D eigenvalue weighted by molar-refractivity contribution is 0.299. The Labute approximate surface area is 122 Å². The summed E-state index contributed by atoms with van der Waals surface area (Å²) in [7, 11) is 0. The molecule has 2 N–H and O–H groups in total. The van der Waals surface area contributed by atoms with Gasteiger partial charge in [0, 0.05) is 25.1 Å². The average molecular weight is 286 g/mol. The number of nitrogens with one attached hydrogen (secondary N) is 2. The molecule has 0 aromatic heterocycles. The zero-order valence-corrected chi connectivity index (χ0v) is 12.8. The highest BCUT2D eigenvalue weighted by atomic mass is 19.1. The third-order valence-corrected chi connectivity index (χ3v) is 3.32. The highest BCUT2D eigenvalue weighted by Gasteiger charge is 2.27. The van der Waals surface area contributed by atoms with Crippen LogP contribution in [0.2, 0.25) is 0 Å². The third kappa shape index (κ3) is 4.53. The topological polar surface area (TPSA) is 24.1 Å². The minimum absolute atomic E-state index is 0. The summed E-state index contributed by atoms with van der Waals surface area (Å²) < 4.78 is 27.4. The second-order valence-electron chi connectivity index (χ2n) is 5.18. The highest BCUT2D eigenvalue weighted by Crippen LogP contribution is 2.27. The average Bonchev–Trinajstić information content (AvgIpc) is 2.40. The lowest BCUT2D eigenvalue weighted by Crippen LogP contribution is -2.44. The van der Waals surface area contributed by atoms with Gasteiger partial charge in [-0.05, 0) is 31.5 Å². The Morgan fingerprint density at radius 1 is 1.25 bits per heavy atom. The minimum Gasteiger partial charge on any atom is -0.312 e. The number of piperidine rings is 1. The van der Waals surface area contributed by atoms with Gasteiger partial charge in [0.1, 0.15) is 11.6 Å². The Morgan fingerprint density at radius 3 is 2.40 bits per heavy atom. The molecular weight excluding hydrogens is 258 g/mol. The zero-order chi connectivity index (χ0) is 15.1. The smallest absolute Gasteiger partial charge is 0.130 e. The van der Waals surface area contributed by atoms with Crippen LogP contribution in [0.4, 0.5) is 8.78 Å². The third-order valence-electron chi connectivity index (χ3n) is 3.32. The molecule has 4 heteroatoms. The monoisotopic (exact) mass is 286 g/mol. The van der Waals surface area contributed by atoms with E-state index in [4.69, 9.17) is 0 Å². The van der Waals surface area contributed by atoms with Crippen molar-refractivity contribution in [2.75, 3.05) is 6.54 Å². The van der Waals surface area contributed by atoms with E-state index in [1.54, 1.807) is 0 Å². The Bertz CT molecular complexity index is 393. The van der Waals surface area contributed by atoms with Gasteiger partial charge in [-0.25, -0.2) is 8.78 Å². The molecule has 116 valence electrons. The van der Waals surface area contributed by atoms with Crippen LogP contribution >= 0.6 is 0 Å². The van der Waals surface area contributed by atoms with Crippen molar-refractivity contribution in [1.82, 2.24) is 10.6 Å².